The van der Waals surface area contributed by atoms with Gasteiger partial charge < -0.3 is 14.9 Å². The van der Waals surface area contributed by atoms with Gasteiger partial charge in [-0.3, -0.25) is 0 Å². The van der Waals surface area contributed by atoms with Gasteiger partial charge >= 0.3 is 5.97 Å². The molecule has 0 aromatic heterocycles. The number of rotatable bonds is 7. The van der Waals surface area contributed by atoms with Crippen LogP contribution in [-0.2, 0) is 4.74 Å². The maximum Gasteiger partial charge on any atom is 0.340 e. The highest BCUT2D eigenvalue weighted by Crippen LogP contribution is 2.69. The summed E-state index contributed by atoms with van der Waals surface area (Å²) in [5, 5.41) is 23.1. The van der Waals surface area contributed by atoms with Crippen LogP contribution in [0, 0.1) is 52.3 Å². The Bertz CT molecular complexity index is 976. The zero-order valence-corrected chi connectivity index (χ0v) is 24.5. The van der Waals surface area contributed by atoms with Gasteiger partial charge in [0.25, 0.3) is 0 Å². The molecule has 4 aliphatic rings. The van der Waals surface area contributed by atoms with Crippen LogP contribution in [0.15, 0.2) is 30.3 Å². The molecule has 4 nitrogen and oxygen atoms in total. The second kappa shape index (κ2) is 10.5. The Morgan fingerprint density at radius 3 is 2.39 bits per heavy atom. The van der Waals surface area contributed by atoms with E-state index in [0.29, 0.717) is 48.0 Å². The van der Waals surface area contributed by atoms with E-state index in [9.17, 15) is 15.0 Å². The quantitative estimate of drug-likeness (QED) is 0.284. The van der Waals surface area contributed by atoms with Crippen LogP contribution in [0.4, 0.5) is 0 Å². The van der Waals surface area contributed by atoms with Gasteiger partial charge in [-0.25, -0.2) is 4.79 Å². The van der Waals surface area contributed by atoms with Crippen LogP contribution in [-0.4, -0.2) is 28.1 Å². The first-order valence-electron chi connectivity index (χ1n) is 15.7. The zero-order valence-electron chi connectivity index (χ0n) is 24.5. The van der Waals surface area contributed by atoms with Crippen molar-refractivity contribution in [2.45, 2.75) is 117 Å². The van der Waals surface area contributed by atoms with Crippen LogP contribution in [0.5, 0.6) is 0 Å². The van der Waals surface area contributed by atoms with Crippen molar-refractivity contribution in [2.24, 2.45) is 52.3 Å². The van der Waals surface area contributed by atoms with Gasteiger partial charge in [0.2, 0.25) is 5.79 Å². The molecule has 212 valence electrons. The maximum atomic E-state index is 12.8. The summed E-state index contributed by atoms with van der Waals surface area (Å²) in [6.45, 7) is 12.1. The maximum absolute atomic E-state index is 12.8. The van der Waals surface area contributed by atoms with E-state index in [1.165, 1.54) is 44.9 Å². The molecule has 4 fully saturated rings. The van der Waals surface area contributed by atoms with E-state index in [2.05, 4.69) is 34.6 Å². The summed E-state index contributed by atoms with van der Waals surface area (Å²) in [5.74, 6) is 2.02. The Morgan fingerprint density at radius 2 is 1.68 bits per heavy atom. The van der Waals surface area contributed by atoms with Gasteiger partial charge in [-0.05, 0) is 103 Å². The molecule has 10 atom stereocenters. The molecule has 0 spiro atoms. The number of benzene rings is 1. The number of carbonyl (C=O) groups excluding carboxylic acids is 1. The van der Waals surface area contributed by atoms with E-state index < -0.39 is 11.8 Å². The molecular weight excluding hydrogens is 472 g/mol. The summed E-state index contributed by atoms with van der Waals surface area (Å²) in [5.41, 5.74) is 0.889. The summed E-state index contributed by atoms with van der Waals surface area (Å²) in [6.07, 6.45) is 11.2. The predicted octanol–water partition coefficient (Wildman–Crippen LogP) is 7.62. The third-order valence-electron chi connectivity index (χ3n) is 12.2. The van der Waals surface area contributed by atoms with Gasteiger partial charge in [-0.1, -0.05) is 72.1 Å². The highest BCUT2D eigenvalue weighted by molar-refractivity contribution is 5.89. The Labute approximate surface area is 230 Å². The molecule has 2 N–H and O–H groups in total. The number of esters is 1. The standard InChI is InChI=1S/C34H52O4/c1-22(2)10-9-11-23(3)26-14-15-27-30-28(16-17-33(26,27)5)32(4)18-19-34(37,21-25(32)20-29(30)35)38-31(36)24-12-7-6-8-13-24/h6-8,12-13,22-23,25-30,35,37H,9-11,14-21H2,1-5H3/t23-,25?,26-,27+,28+,29-,30+,32+,33-,34-/m1/s1. The minimum atomic E-state index is -1.45. The Balaban J connectivity index is 1.28. The molecule has 0 saturated heterocycles. The van der Waals surface area contributed by atoms with Crippen molar-refractivity contribution in [1.82, 2.24) is 0 Å². The summed E-state index contributed by atoms with van der Waals surface area (Å²) >= 11 is 0. The smallest absolute Gasteiger partial charge is 0.340 e. The van der Waals surface area contributed by atoms with Crippen molar-refractivity contribution in [1.29, 1.82) is 0 Å². The van der Waals surface area contributed by atoms with E-state index >= 15 is 0 Å². The summed E-state index contributed by atoms with van der Waals surface area (Å²) < 4.78 is 5.74. The lowest BCUT2D eigenvalue weighted by Crippen LogP contribution is -2.60. The van der Waals surface area contributed by atoms with Crippen LogP contribution in [0.2, 0.25) is 0 Å². The van der Waals surface area contributed by atoms with Gasteiger partial charge in [0.05, 0.1) is 11.7 Å². The lowest BCUT2D eigenvalue weighted by atomic mass is 9.43. The lowest BCUT2D eigenvalue weighted by Gasteiger charge is -2.63. The van der Waals surface area contributed by atoms with E-state index in [1.807, 2.05) is 18.2 Å². The molecule has 4 aliphatic carbocycles. The van der Waals surface area contributed by atoms with Crippen molar-refractivity contribution in [3.63, 3.8) is 0 Å². The van der Waals surface area contributed by atoms with Crippen LogP contribution in [0.1, 0.15) is 116 Å². The van der Waals surface area contributed by atoms with Crippen LogP contribution >= 0.6 is 0 Å². The molecule has 0 bridgehead atoms. The predicted molar refractivity (Wildman–Crippen MR) is 151 cm³/mol. The fourth-order valence-electron chi connectivity index (χ4n) is 10.1. The average Bonchev–Trinajstić information content (AvgIpc) is 3.22. The van der Waals surface area contributed by atoms with Gasteiger partial charge in [-0.2, -0.15) is 0 Å². The molecule has 38 heavy (non-hydrogen) atoms. The molecule has 0 aliphatic heterocycles. The molecule has 1 aromatic carbocycles. The van der Waals surface area contributed by atoms with Crippen LogP contribution in [0.3, 0.4) is 0 Å². The molecule has 0 amide bonds. The minimum absolute atomic E-state index is 0.0809. The highest BCUT2D eigenvalue weighted by Gasteiger charge is 2.64. The summed E-state index contributed by atoms with van der Waals surface area (Å²) in [7, 11) is 0. The van der Waals surface area contributed by atoms with Gasteiger partial charge in [0.1, 0.15) is 0 Å². The van der Waals surface area contributed by atoms with E-state index in [0.717, 1.165) is 24.2 Å². The summed E-state index contributed by atoms with van der Waals surface area (Å²) in [4.78, 5) is 12.8. The zero-order chi connectivity index (χ0) is 27.3. The largest absolute Gasteiger partial charge is 0.430 e. The number of ether oxygens (including phenoxy) is 1. The van der Waals surface area contributed by atoms with Crippen molar-refractivity contribution in [3.8, 4) is 0 Å². The first-order chi connectivity index (χ1) is 18.0. The molecule has 4 heteroatoms. The van der Waals surface area contributed by atoms with Crippen LogP contribution < -0.4 is 0 Å². The van der Waals surface area contributed by atoms with Crippen molar-refractivity contribution < 1.29 is 19.7 Å². The van der Waals surface area contributed by atoms with Crippen molar-refractivity contribution in [3.05, 3.63) is 35.9 Å². The number of aliphatic hydroxyl groups excluding tert-OH is 1. The topological polar surface area (TPSA) is 66.8 Å². The van der Waals surface area contributed by atoms with E-state index in [-0.39, 0.29) is 17.4 Å². The first-order valence-corrected chi connectivity index (χ1v) is 15.7. The van der Waals surface area contributed by atoms with Gasteiger partial charge in [0, 0.05) is 12.8 Å². The van der Waals surface area contributed by atoms with Crippen LogP contribution in [0.25, 0.3) is 0 Å². The number of aliphatic hydroxyl groups is 2. The normalized spacial score (nSPS) is 43.2. The number of hydrogen-bond donors (Lipinski definition) is 2. The lowest BCUT2D eigenvalue weighted by molar-refractivity contribution is -0.245. The second-order valence-electron chi connectivity index (χ2n) is 14.7. The Morgan fingerprint density at radius 1 is 0.974 bits per heavy atom. The Kier molecular flexibility index (Phi) is 7.81. The molecule has 0 radical (unpaired) electrons. The number of carbonyl (C=O) groups is 1. The highest BCUT2D eigenvalue weighted by atomic mass is 16.7. The van der Waals surface area contributed by atoms with Crippen molar-refractivity contribution >= 4 is 5.97 Å². The number of hydrogen-bond acceptors (Lipinski definition) is 4. The fraction of sp³-hybridized carbons (Fsp3) is 0.794. The third-order valence-corrected chi connectivity index (χ3v) is 12.2. The molecule has 0 heterocycles. The molecular formula is C34H52O4. The molecule has 1 unspecified atom stereocenters. The molecule has 5 rings (SSSR count). The third kappa shape index (κ3) is 4.98. The number of fused-ring (bicyclic) bond motifs is 5. The van der Waals surface area contributed by atoms with Crippen molar-refractivity contribution in [2.75, 3.05) is 0 Å². The first kappa shape index (κ1) is 28.1. The van der Waals surface area contributed by atoms with E-state index in [4.69, 9.17) is 4.74 Å². The fourth-order valence-corrected chi connectivity index (χ4v) is 10.1. The minimum Gasteiger partial charge on any atom is -0.430 e. The summed E-state index contributed by atoms with van der Waals surface area (Å²) in [6, 6.07) is 8.95. The van der Waals surface area contributed by atoms with E-state index in [1.54, 1.807) is 12.1 Å². The monoisotopic (exact) mass is 524 g/mol. The molecule has 1 aromatic rings. The second-order valence-corrected chi connectivity index (χ2v) is 14.7. The average molecular weight is 525 g/mol. The van der Waals surface area contributed by atoms with Gasteiger partial charge in [-0.15, -0.1) is 0 Å². The SMILES string of the molecule is CC(C)CCC[C@@H](C)[C@H]1CC[C@H]2[C@@H]3[C@H](O)CC4C[C@](O)(OC(=O)c5ccccc5)CC[C@]4(C)[C@H]3CC[C@]12C. The Hall–Kier alpha value is -1.39. The van der Waals surface area contributed by atoms with Gasteiger partial charge in [0.15, 0.2) is 0 Å². The molecule has 4 saturated carbocycles.